The molecule has 7 heteroatoms. The molecule has 0 saturated carbocycles. The van der Waals surface area contributed by atoms with Crippen molar-refractivity contribution in [1.82, 2.24) is 10.6 Å². The van der Waals surface area contributed by atoms with Crippen LogP contribution in [0.1, 0.15) is 40.0 Å². The molecule has 0 aliphatic heterocycles. The molecule has 1 unspecified atom stereocenters. The van der Waals surface area contributed by atoms with E-state index in [1.54, 1.807) is 13.2 Å². The smallest absolute Gasteiger partial charge is 0.258 e. The van der Waals surface area contributed by atoms with Gasteiger partial charge in [0, 0.05) is 15.6 Å². The maximum absolute atomic E-state index is 14.7. The van der Waals surface area contributed by atoms with Crippen molar-refractivity contribution in [1.29, 1.82) is 5.41 Å². The first-order valence-corrected chi connectivity index (χ1v) is 11.0. The molecule has 3 rings (SSSR count). The number of benzene rings is 3. The van der Waals surface area contributed by atoms with Crippen molar-refractivity contribution in [3.63, 3.8) is 0 Å². The number of amides is 1. The Morgan fingerprint density at radius 2 is 1.84 bits per heavy atom. The average molecular weight is 498 g/mol. The summed E-state index contributed by atoms with van der Waals surface area (Å²) in [5.41, 5.74) is 2.40. The number of carbonyl (C=O) groups is 1. The van der Waals surface area contributed by atoms with Gasteiger partial charge in [0.25, 0.3) is 5.91 Å². The third-order valence-electron chi connectivity index (χ3n) is 5.15. The molecule has 3 aromatic carbocycles. The molecular weight excluding hydrogens is 473 g/mol. The van der Waals surface area contributed by atoms with Crippen LogP contribution < -0.4 is 15.4 Å². The lowest BCUT2D eigenvalue weighted by Gasteiger charge is -2.17. The van der Waals surface area contributed by atoms with Gasteiger partial charge in [0.05, 0.1) is 13.2 Å². The van der Waals surface area contributed by atoms with Gasteiger partial charge in [-0.2, -0.15) is 0 Å². The molecule has 0 aliphatic carbocycles. The van der Waals surface area contributed by atoms with Crippen LogP contribution in [-0.4, -0.2) is 19.0 Å². The first-order valence-electron chi connectivity index (χ1n) is 10.2. The number of aryl methyl sites for hydroxylation is 1. The van der Waals surface area contributed by atoms with Crippen LogP contribution in [0, 0.1) is 11.2 Å². The minimum Gasteiger partial charge on any atom is -0.496 e. The molecule has 0 bridgehead atoms. The normalized spacial score (nSPS) is 11.5. The molecule has 166 valence electrons. The molecule has 32 heavy (non-hydrogen) atoms. The van der Waals surface area contributed by atoms with Gasteiger partial charge in [-0.25, -0.2) is 4.39 Å². The van der Waals surface area contributed by atoms with Crippen molar-refractivity contribution in [2.45, 2.75) is 25.8 Å². The number of carbonyl (C=O) groups excluding carboxylic acids is 1. The lowest BCUT2D eigenvalue weighted by Crippen LogP contribution is -2.41. The minimum atomic E-state index is -0.529. The number of halogens is 2. The van der Waals surface area contributed by atoms with E-state index in [0.717, 1.165) is 15.6 Å². The molecule has 0 heterocycles. The fourth-order valence-corrected chi connectivity index (χ4v) is 3.89. The minimum absolute atomic E-state index is 0.143. The molecule has 1 atom stereocenters. The predicted molar refractivity (Wildman–Crippen MR) is 128 cm³/mol. The number of guanidine groups is 1. The SMILES string of the molecule is COc1ccc(Br)cc1CCc1c(F)cccc1C(=O)NC(=N)NC(C)c1ccccc1. The Kier molecular flexibility index (Phi) is 8.00. The monoisotopic (exact) mass is 497 g/mol. The standard InChI is InChI=1S/C25H25BrFN3O2/c1-16(17-7-4-3-5-8-17)29-25(28)30-24(31)21-9-6-10-22(27)20(21)13-11-18-15-19(26)12-14-23(18)32-2/h3-10,12,14-16H,11,13H2,1-2H3,(H3,28,29,30,31). The number of rotatable bonds is 7. The van der Waals surface area contributed by atoms with E-state index in [1.807, 2.05) is 55.5 Å². The molecular formula is C25H25BrFN3O2. The van der Waals surface area contributed by atoms with Gasteiger partial charge in [0.1, 0.15) is 11.6 Å². The largest absolute Gasteiger partial charge is 0.496 e. The zero-order valence-electron chi connectivity index (χ0n) is 17.9. The Balaban J connectivity index is 1.71. The van der Waals surface area contributed by atoms with Gasteiger partial charge in [-0.15, -0.1) is 0 Å². The number of hydrogen-bond donors (Lipinski definition) is 3. The van der Waals surface area contributed by atoms with Gasteiger partial charge in [0.15, 0.2) is 5.96 Å². The van der Waals surface area contributed by atoms with E-state index in [0.29, 0.717) is 24.2 Å². The van der Waals surface area contributed by atoms with Crippen LogP contribution in [0.2, 0.25) is 0 Å². The van der Waals surface area contributed by atoms with Crippen LogP contribution in [0.15, 0.2) is 71.2 Å². The topological polar surface area (TPSA) is 74.2 Å². The highest BCUT2D eigenvalue weighted by atomic mass is 79.9. The van der Waals surface area contributed by atoms with Crippen molar-refractivity contribution in [3.05, 3.63) is 99.3 Å². The van der Waals surface area contributed by atoms with E-state index >= 15 is 0 Å². The molecule has 0 spiro atoms. The van der Waals surface area contributed by atoms with E-state index in [4.69, 9.17) is 10.1 Å². The summed E-state index contributed by atoms with van der Waals surface area (Å²) < 4.78 is 20.9. The molecule has 3 aromatic rings. The fraction of sp³-hybridized carbons (Fsp3) is 0.200. The predicted octanol–water partition coefficient (Wildman–Crippen LogP) is 5.40. The van der Waals surface area contributed by atoms with Gasteiger partial charge in [-0.1, -0.05) is 52.3 Å². The summed E-state index contributed by atoms with van der Waals surface area (Å²) >= 11 is 3.44. The van der Waals surface area contributed by atoms with Gasteiger partial charge in [0.2, 0.25) is 0 Å². The second-order valence-electron chi connectivity index (χ2n) is 7.33. The van der Waals surface area contributed by atoms with Crippen LogP contribution in [0.3, 0.4) is 0 Å². The maximum atomic E-state index is 14.7. The van der Waals surface area contributed by atoms with Crippen LogP contribution in [-0.2, 0) is 12.8 Å². The van der Waals surface area contributed by atoms with E-state index in [-0.39, 0.29) is 17.6 Å². The third-order valence-corrected chi connectivity index (χ3v) is 5.64. The van der Waals surface area contributed by atoms with E-state index < -0.39 is 11.7 Å². The zero-order valence-corrected chi connectivity index (χ0v) is 19.5. The molecule has 1 amide bonds. The van der Waals surface area contributed by atoms with Crippen molar-refractivity contribution >= 4 is 27.8 Å². The Morgan fingerprint density at radius 3 is 2.56 bits per heavy atom. The summed E-state index contributed by atoms with van der Waals surface area (Å²) in [4.78, 5) is 12.8. The second-order valence-corrected chi connectivity index (χ2v) is 8.24. The molecule has 0 aliphatic rings. The lowest BCUT2D eigenvalue weighted by molar-refractivity contribution is 0.0974. The van der Waals surface area contributed by atoms with E-state index in [2.05, 4.69) is 26.6 Å². The Hall–Kier alpha value is -3.19. The first-order chi connectivity index (χ1) is 15.4. The average Bonchev–Trinajstić information content (AvgIpc) is 2.78. The summed E-state index contributed by atoms with van der Waals surface area (Å²) in [6, 6.07) is 19.5. The fourth-order valence-electron chi connectivity index (χ4n) is 3.49. The highest BCUT2D eigenvalue weighted by Gasteiger charge is 2.18. The van der Waals surface area contributed by atoms with Crippen molar-refractivity contribution < 1.29 is 13.9 Å². The van der Waals surface area contributed by atoms with Crippen LogP contribution in [0.25, 0.3) is 0 Å². The summed E-state index contributed by atoms with van der Waals surface area (Å²) in [7, 11) is 1.59. The first kappa shape index (κ1) is 23.5. The van der Waals surface area contributed by atoms with Gasteiger partial charge in [-0.05, 0) is 61.2 Å². The Bertz CT molecular complexity index is 1110. The molecule has 0 fully saturated rings. The zero-order chi connectivity index (χ0) is 23.1. The van der Waals surface area contributed by atoms with Crippen LogP contribution >= 0.6 is 15.9 Å². The van der Waals surface area contributed by atoms with Crippen LogP contribution in [0.4, 0.5) is 4.39 Å². The van der Waals surface area contributed by atoms with Gasteiger partial charge in [-0.3, -0.25) is 15.5 Å². The van der Waals surface area contributed by atoms with Crippen molar-refractivity contribution in [2.24, 2.45) is 0 Å². The Labute approximate surface area is 195 Å². The maximum Gasteiger partial charge on any atom is 0.258 e. The lowest BCUT2D eigenvalue weighted by atomic mass is 9.98. The highest BCUT2D eigenvalue weighted by Crippen LogP contribution is 2.25. The third kappa shape index (κ3) is 5.95. The summed E-state index contributed by atoms with van der Waals surface area (Å²) in [6.07, 6.45) is 0.800. The summed E-state index contributed by atoms with van der Waals surface area (Å²) in [5, 5.41) is 13.6. The number of methoxy groups -OCH3 is 1. The molecule has 0 saturated heterocycles. The number of ether oxygens (including phenoxy) is 1. The molecule has 0 radical (unpaired) electrons. The number of hydrogen-bond acceptors (Lipinski definition) is 3. The van der Waals surface area contributed by atoms with Crippen LogP contribution in [0.5, 0.6) is 5.75 Å². The summed E-state index contributed by atoms with van der Waals surface area (Å²) in [6.45, 7) is 1.90. The number of nitrogens with one attached hydrogen (secondary N) is 3. The molecule has 3 N–H and O–H groups in total. The van der Waals surface area contributed by atoms with Gasteiger partial charge >= 0.3 is 0 Å². The van der Waals surface area contributed by atoms with E-state index in [1.165, 1.54) is 12.1 Å². The van der Waals surface area contributed by atoms with Crippen molar-refractivity contribution in [2.75, 3.05) is 7.11 Å². The molecule has 5 nitrogen and oxygen atoms in total. The summed E-state index contributed by atoms with van der Waals surface area (Å²) in [5.74, 6) is -0.422. The Morgan fingerprint density at radius 1 is 1.09 bits per heavy atom. The van der Waals surface area contributed by atoms with Gasteiger partial charge < -0.3 is 10.1 Å². The highest BCUT2D eigenvalue weighted by molar-refractivity contribution is 9.10. The quantitative estimate of drug-likeness (QED) is 0.302. The molecule has 0 aromatic heterocycles. The van der Waals surface area contributed by atoms with E-state index in [9.17, 15) is 9.18 Å². The second kappa shape index (κ2) is 10.9. The van der Waals surface area contributed by atoms with Crippen molar-refractivity contribution in [3.8, 4) is 5.75 Å².